The summed E-state index contributed by atoms with van der Waals surface area (Å²) in [6.45, 7) is 3.13. The molecule has 3 heteroatoms. The summed E-state index contributed by atoms with van der Waals surface area (Å²) in [7, 11) is 0. The van der Waals surface area contributed by atoms with Crippen molar-refractivity contribution in [3.8, 4) is 0 Å². The number of carbonyl (C=O) groups excluding carboxylic acids is 1. The molecule has 2 aliphatic rings. The van der Waals surface area contributed by atoms with Crippen LogP contribution in [0.2, 0.25) is 0 Å². The molecule has 108 valence electrons. The Balaban J connectivity index is 1.55. The van der Waals surface area contributed by atoms with Crippen LogP contribution in [-0.4, -0.2) is 18.5 Å². The van der Waals surface area contributed by atoms with Crippen molar-refractivity contribution < 1.29 is 4.79 Å². The summed E-state index contributed by atoms with van der Waals surface area (Å²) >= 11 is 0. The lowest BCUT2D eigenvalue weighted by molar-refractivity contribution is -0.126. The van der Waals surface area contributed by atoms with Gasteiger partial charge in [-0.15, -0.1) is 0 Å². The minimum absolute atomic E-state index is 0.233. The van der Waals surface area contributed by atoms with Gasteiger partial charge in [0.05, 0.1) is 6.04 Å². The Kier molecular flexibility index (Phi) is 3.95. The van der Waals surface area contributed by atoms with Gasteiger partial charge in [-0.05, 0) is 49.7 Å². The van der Waals surface area contributed by atoms with Crippen LogP contribution in [0, 0.1) is 11.8 Å². The largest absolute Gasteiger partial charge is 0.383 e. The molecule has 1 heterocycles. The molecule has 1 saturated carbocycles. The molecular formula is C17H24N2O. The Morgan fingerprint density at radius 2 is 1.95 bits per heavy atom. The van der Waals surface area contributed by atoms with E-state index in [0.29, 0.717) is 0 Å². The molecular weight excluding hydrogens is 248 g/mol. The fourth-order valence-corrected chi connectivity index (χ4v) is 3.38. The smallest absolute Gasteiger partial charge is 0.223 e. The predicted octanol–water partition coefficient (Wildman–Crippen LogP) is 2.97. The predicted molar refractivity (Wildman–Crippen MR) is 81.7 cm³/mol. The van der Waals surface area contributed by atoms with E-state index in [1.165, 1.54) is 24.1 Å². The fraction of sp³-hybridized carbons (Fsp3) is 0.588. The van der Waals surface area contributed by atoms with Gasteiger partial charge in [-0.2, -0.15) is 0 Å². The Morgan fingerprint density at radius 1 is 1.20 bits per heavy atom. The van der Waals surface area contributed by atoms with Gasteiger partial charge >= 0.3 is 0 Å². The van der Waals surface area contributed by atoms with Crippen molar-refractivity contribution in [2.45, 2.75) is 45.1 Å². The van der Waals surface area contributed by atoms with E-state index in [0.717, 1.165) is 31.7 Å². The van der Waals surface area contributed by atoms with Gasteiger partial charge < -0.3 is 10.6 Å². The number of carbonyl (C=O) groups is 1. The zero-order valence-corrected chi connectivity index (χ0v) is 12.2. The number of anilines is 1. The van der Waals surface area contributed by atoms with Gasteiger partial charge in [0, 0.05) is 18.2 Å². The van der Waals surface area contributed by atoms with Crippen LogP contribution in [0.25, 0.3) is 0 Å². The molecule has 3 nitrogen and oxygen atoms in total. The van der Waals surface area contributed by atoms with Gasteiger partial charge in [0.25, 0.3) is 0 Å². The molecule has 1 atom stereocenters. The van der Waals surface area contributed by atoms with Crippen LogP contribution in [0.5, 0.6) is 0 Å². The van der Waals surface area contributed by atoms with Crippen LogP contribution in [0.4, 0.5) is 5.69 Å². The standard InChI is InChI=1S/C17H24N2O/c1-12-6-8-13(9-7-12)17(20)19-15-10-14-4-2-3-5-16(14)18-11-15/h2-5,12-13,15,18H,6-11H2,1H3,(H,19,20). The third kappa shape index (κ3) is 2.97. The molecule has 1 aromatic rings. The second kappa shape index (κ2) is 5.86. The van der Waals surface area contributed by atoms with Crippen molar-refractivity contribution in [3.63, 3.8) is 0 Å². The highest BCUT2D eigenvalue weighted by Crippen LogP contribution is 2.28. The number of amides is 1. The molecule has 1 aromatic carbocycles. The fourth-order valence-electron chi connectivity index (χ4n) is 3.38. The van der Waals surface area contributed by atoms with E-state index in [1.54, 1.807) is 0 Å². The van der Waals surface area contributed by atoms with Crippen molar-refractivity contribution >= 4 is 11.6 Å². The summed E-state index contributed by atoms with van der Waals surface area (Å²) in [6, 6.07) is 8.59. The van der Waals surface area contributed by atoms with Crippen LogP contribution in [0.1, 0.15) is 38.2 Å². The van der Waals surface area contributed by atoms with E-state index in [9.17, 15) is 4.79 Å². The summed E-state index contributed by atoms with van der Waals surface area (Å²) in [5, 5.41) is 6.66. The normalized spacial score (nSPS) is 29.1. The van der Waals surface area contributed by atoms with Crippen LogP contribution in [0.3, 0.4) is 0 Å². The summed E-state index contributed by atoms with van der Waals surface area (Å²) in [4.78, 5) is 12.3. The molecule has 20 heavy (non-hydrogen) atoms. The molecule has 1 fully saturated rings. The van der Waals surface area contributed by atoms with Gasteiger partial charge in [-0.1, -0.05) is 25.1 Å². The third-order valence-corrected chi connectivity index (χ3v) is 4.76. The topological polar surface area (TPSA) is 41.1 Å². The van der Waals surface area contributed by atoms with E-state index in [2.05, 4.69) is 35.8 Å². The minimum Gasteiger partial charge on any atom is -0.383 e. The molecule has 1 aliphatic carbocycles. The summed E-state index contributed by atoms with van der Waals surface area (Å²) in [5.41, 5.74) is 2.52. The minimum atomic E-state index is 0.233. The summed E-state index contributed by atoms with van der Waals surface area (Å²) in [5.74, 6) is 1.30. The van der Waals surface area contributed by atoms with E-state index < -0.39 is 0 Å². The number of fused-ring (bicyclic) bond motifs is 1. The van der Waals surface area contributed by atoms with Crippen molar-refractivity contribution in [2.24, 2.45) is 11.8 Å². The van der Waals surface area contributed by atoms with Crippen molar-refractivity contribution in [3.05, 3.63) is 29.8 Å². The van der Waals surface area contributed by atoms with Gasteiger partial charge in [0.2, 0.25) is 5.91 Å². The van der Waals surface area contributed by atoms with Gasteiger partial charge in [-0.3, -0.25) is 4.79 Å². The first-order valence-corrected chi connectivity index (χ1v) is 7.84. The lowest BCUT2D eigenvalue weighted by Gasteiger charge is -2.30. The molecule has 3 rings (SSSR count). The number of nitrogens with one attached hydrogen (secondary N) is 2. The van der Waals surface area contributed by atoms with E-state index in [1.807, 2.05) is 6.07 Å². The molecule has 0 radical (unpaired) electrons. The Hall–Kier alpha value is -1.51. The van der Waals surface area contributed by atoms with E-state index >= 15 is 0 Å². The maximum atomic E-state index is 12.3. The lowest BCUT2D eigenvalue weighted by atomic mass is 9.82. The Bertz CT molecular complexity index is 478. The first-order chi connectivity index (χ1) is 9.72. The Morgan fingerprint density at radius 3 is 2.75 bits per heavy atom. The second-order valence-corrected chi connectivity index (χ2v) is 6.40. The first kappa shape index (κ1) is 13.5. The first-order valence-electron chi connectivity index (χ1n) is 7.84. The number of para-hydroxylation sites is 1. The van der Waals surface area contributed by atoms with Crippen LogP contribution >= 0.6 is 0 Å². The summed E-state index contributed by atoms with van der Waals surface area (Å²) < 4.78 is 0. The molecule has 2 N–H and O–H groups in total. The van der Waals surface area contributed by atoms with Crippen LogP contribution < -0.4 is 10.6 Å². The SMILES string of the molecule is CC1CCC(C(=O)NC2CNc3ccccc3C2)CC1. The molecule has 1 aliphatic heterocycles. The van der Waals surface area contributed by atoms with Gasteiger partial charge in [0.15, 0.2) is 0 Å². The highest BCUT2D eigenvalue weighted by Gasteiger charge is 2.27. The zero-order chi connectivity index (χ0) is 13.9. The van der Waals surface area contributed by atoms with Crippen LogP contribution in [0.15, 0.2) is 24.3 Å². The van der Waals surface area contributed by atoms with Crippen molar-refractivity contribution in [2.75, 3.05) is 11.9 Å². The van der Waals surface area contributed by atoms with Gasteiger partial charge in [-0.25, -0.2) is 0 Å². The number of benzene rings is 1. The monoisotopic (exact) mass is 272 g/mol. The highest BCUT2D eigenvalue weighted by molar-refractivity contribution is 5.79. The second-order valence-electron chi connectivity index (χ2n) is 6.40. The average Bonchev–Trinajstić information content (AvgIpc) is 2.48. The van der Waals surface area contributed by atoms with Crippen molar-refractivity contribution in [1.29, 1.82) is 0 Å². The number of hydrogen-bond acceptors (Lipinski definition) is 2. The average molecular weight is 272 g/mol. The quantitative estimate of drug-likeness (QED) is 0.869. The number of rotatable bonds is 2. The van der Waals surface area contributed by atoms with E-state index in [-0.39, 0.29) is 17.9 Å². The molecule has 0 saturated heterocycles. The van der Waals surface area contributed by atoms with Crippen molar-refractivity contribution in [1.82, 2.24) is 5.32 Å². The zero-order valence-electron chi connectivity index (χ0n) is 12.2. The lowest BCUT2D eigenvalue weighted by Crippen LogP contribution is -2.46. The summed E-state index contributed by atoms with van der Waals surface area (Å²) in [6.07, 6.45) is 5.46. The van der Waals surface area contributed by atoms with E-state index in [4.69, 9.17) is 0 Å². The molecule has 1 unspecified atom stereocenters. The maximum absolute atomic E-state index is 12.3. The highest BCUT2D eigenvalue weighted by atomic mass is 16.1. The molecule has 0 spiro atoms. The van der Waals surface area contributed by atoms with Gasteiger partial charge in [0.1, 0.15) is 0 Å². The third-order valence-electron chi connectivity index (χ3n) is 4.76. The number of hydrogen-bond donors (Lipinski definition) is 2. The molecule has 1 amide bonds. The molecule has 0 bridgehead atoms. The maximum Gasteiger partial charge on any atom is 0.223 e. The van der Waals surface area contributed by atoms with Crippen LogP contribution in [-0.2, 0) is 11.2 Å². The molecule has 0 aromatic heterocycles. The Labute approximate surface area is 121 Å².